The average Bonchev–Trinajstić information content (AvgIpc) is 2.40. The first-order valence-corrected chi connectivity index (χ1v) is 7.51. The van der Waals surface area contributed by atoms with Gasteiger partial charge in [0.2, 0.25) is 0 Å². The molecule has 0 spiro atoms. The van der Waals surface area contributed by atoms with Crippen molar-refractivity contribution >= 4 is 23.3 Å². The van der Waals surface area contributed by atoms with Crippen LogP contribution in [0.3, 0.4) is 0 Å². The molecular weight excluding hydrogens is 314 g/mol. The molecule has 0 aromatic heterocycles. The number of rotatable bonds is 7. The van der Waals surface area contributed by atoms with Crippen molar-refractivity contribution in [1.82, 2.24) is 5.32 Å². The van der Waals surface area contributed by atoms with E-state index < -0.39 is 17.7 Å². The summed E-state index contributed by atoms with van der Waals surface area (Å²) in [6.45, 7) is 4.50. The van der Waals surface area contributed by atoms with E-state index in [1.807, 2.05) is 0 Å². The van der Waals surface area contributed by atoms with Gasteiger partial charge in [-0.15, -0.1) is 0 Å². The third-order valence-electron chi connectivity index (χ3n) is 3.14. The van der Waals surface area contributed by atoms with E-state index in [-0.39, 0.29) is 23.2 Å². The molecule has 0 saturated heterocycles. The fourth-order valence-electron chi connectivity index (χ4n) is 2.21. The number of carbonyl (C=O) groups is 1. The highest BCUT2D eigenvalue weighted by Crippen LogP contribution is 2.26. The molecule has 0 saturated carbocycles. The van der Waals surface area contributed by atoms with Crippen molar-refractivity contribution in [3.8, 4) is 0 Å². The summed E-state index contributed by atoms with van der Waals surface area (Å²) in [5.74, 6) is -1.18. The molecule has 0 aliphatic heterocycles. The number of halogens is 3. The molecule has 1 aromatic rings. The molecule has 0 bridgehead atoms. The minimum Gasteiger partial charge on any atom is -0.396 e. The molecule has 22 heavy (non-hydrogen) atoms. The van der Waals surface area contributed by atoms with Crippen molar-refractivity contribution in [2.75, 3.05) is 18.5 Å². The van der Waals surface area contributed by atoms with Gasteiger partial charge in [-0.05, 0) is 30.7 Å². The Morgan fingerprint density at radius 1 is 1.36 bits per heavy atom. The summed E-state index contributed by atoms with van der Waals surface area (Å²) in [5.41, 5.74) is -0.261. The summed E-state index contributed by atoms with van der Waals surface area (Å²) >= 11 is 5.70. The number of aliphatic hydroxyl groups is 1. The molecule has 0 aliphatic rings. The average molecular weight is 335 g/mol. The van der Waals surface area contributed by atoms with E-state index in [9.17, 15) is 13.6 Å². The number of hydrogen-bond acceptors (Lipinski definition) is 2. The van der Waals surface area contributed by atoms with E-state index in [1.165, 1.54) is 0 Å². The second-order valence-corrected chi connectivity index (χ2v) is 5.99. The lowest BCUT2D eigenvalue weighted by Gasteiger charge is -2.19. The Labute approximate surface area is 133 Å². The standard InChI is InChI=1S/C15H21ClF2N2O2/c1-9(2)5-10(3-4-21)8-19-15(22)20-14-12(16)6-11(17)7-13(14)18/h6-7,9-10,21H,3-5,8H2,1-2H3,(H2,19,20,22). The predicted molar refractivity (Wildman–Crippen MR) is 83.0 cm³/mol. The Morgan fingerprint density at radius 2 is 2.05 bits per heavy atom. The first-order chi connectivity index (χ1) is 10.3. The Hall–Kier alpha value is -1.40. The van der Waals surface area contributed by atoms with Gasteiger partial charge in [0.15, 0.2) is 5.82 Å². The number of anilines is 1. The Bertz CT molecular complexity index is 489. The zero-order valence-corrected chi connectivity index (χ0v) is 13.4. The van der Waals surface area contributed by atoms with Gasteiger partial charge >= 0.3 is 6.03 Å². The predicted octanol–water partition coefficient (Wildman–Crippen LogP) is 3.78. The monoisotopic (exact) mass is 334 g/mol. The Balaban J connectivity index is 2.59. The molecule has 4 nitrogen and oxygen atoms in total. The molecule has 2 amide bonds. The fourth-order valence-corrected chi connectivity index (χ4v) is 2.45. The lowest BCUT2D eigenvalue weighted by Crippen LogP contribution is -2.34. The van der Waals surface area contributed by atoms with Crippen molar-refractivity contribution in [3.05, 3.63) is 28.8 Å². The van der Waals surface area contributed by atoms with Crippen molar-refractivity contribution in [2.45, 2.75) is 26.7 Å². The highest BCUT2D eigenvalue weighted by molar-refractivity contribution is 6.33. The SMILES string of the molecule is CC(C)CC(CCO)CNC(=O)Nc1c(F)cc(F)cc1Cl. The van der Waals surface area contributed by atoms with Crippen molar-refractivity contribution in [3.63, 3.8) is 0 Å². The normalized spacial score (nSPS) is 12.3. The van der Waals surface area contributed by atoms with Crippen molar-refractivity contribution < 1.29 is 18.7 Å². The van der Waals surface area contributed by atoms with Crippen LogP contribution >= 0.6 is 11.6 Å². The molecule has 3 N–H and O–H groups in total. The van der Waals surface area contributed by atoms with Crippen LogP contribution in [0, 0.1) is 23.5 Å². The van der Waals surface area contributed by atoms with Gasteiger partial charge in [-0.25, -0.2) is 13.6 Å². The molecule has 7 heteroatoms. The van der Waals surface area contributed by atoms with Crippen LogP contribution in [0.15, 0.2) is 12.1 Å². The molecule has 1 atom stereocenters. The van der Waals surface area contributed by atoms with Gasteiger partial charge in [-0.1, -0.05) is 25.4 Å². The molecule has 1 unspecified atom stereocenters. The van der Waals surface area contributed by atoms with Crippen LogP contribution < -0.4 is 10.6 Å². The number of urea groups is 1. The van der Waals surface area contributed by atoms with Crippen LogP contribution in [0.25, 0.3) is 0 Å². The molecular formula is C15H21ClF2N2O2. The number of aliphatic hydroxyl groups excluding tert-OH is 1. The summed E-state index contributed by atoms with van der Waals surface area (Å²) in [7, 11) is 0. The third kappa shape index (κ3) is 6.15. The van der Waals surface area contributed by atoms with Crippen molar-refractivity contribution in [2.24, 2.45) is 11.8 Å². The van der Waals surface area contributed by atoms with E-state index in [1.54, 1.807) is 0 Å². The van der Waals surface area contributed by atoms with E-state index in [4.69, 9.17) is 16.7 Å². The van der Waals surface area contributed by atoms with Gasteiger partial charge < -0.3 is 15.7 Å². The first kappa shape index (κ1) is 18.6. The van der Waals surface area contributed by atoms with Gasteiger partial charge in [0.1, 0.15) is 5.82 Å². The summed E-state index contributed by atoms with van der Waals surface area (Å²) in [4.78, 5) is 11.8. The molecule has 0 aliphatic carbocycles. The second kappa shape index (κ2) is 8.90. The first-order valence-electron chi connectivity index (χ1n) is 7.13. The lowest BCUT2D eigenvalue weighted by molar-refractivity contribution is 0.231. The lowest BCUT2D eigenvalue weighted by atomic mass is 9.94. The molecule has 124 valence electrons. The van der Waals surface area contributed by atoms with Crippen LogP contribution in [0.2, 0.25) is 5.02 Å². The van der Waals surface area contributed by atoms with E-state index >= 15 is 0 Å². The zero-order valence-electron chi connectivity index (χ0n) is 12.6. The van der Waals surface area contributed by atoms with Gasteiger partial charge in [0, 0.05) is 19.2 Å². The maximum Gasteiger partial charge on any atom is 0.319 e. The fraction of sp³-hybridized carbons (Fsp3) is 0.533. The molecule has 1 rings (SSSR count). The minimum atomic E-state index is -0.936. The number of carbonyl (C=O) groups excluding carboxylic acids is 1. The summed E-state index contributed by atoms with van der Waals surface area (Å²) in [6.07, 6.45) is 1.43. The third-order valence-corrected chi connectivity index (χ3v) is 3.44. The van der Waals surface area contributed by atoms with Gasteiger partial charge in [0.05, 0.1) is 10.7 Å². The van der Waals surface area contributed by atoms with Crippen LogP contribution in [-0.2, 0) is 0 Å². The van der Waals surface area contributed by atoms with Crippen LogP contribution in [0.4, 0.5) is 19.3 Å². The van der Waals surface area contributed by atoms with Gasteiger partial charge in [0.25, 0.3) is 0 Å². The summed E-state index contributed by atoms with van der Waals surface area (Å²) in [5, 5.41) is 13.7. The topological polar surface area (TPSA) is 61.4 Å². The maximum absolute atomic E-state index is 13.6. The van der Waals surface area contributed by atoms with E-state index in [2.05, 4.69) is 24.5 Å². The summed E-state index contributed by atoms with van der Waals surface area (Å²) in [6, 6.07) is 0.946. The number of hydrogen-bond donors (Lipinski definition) is 3. The highest BCUT2D eigenvalue weighted by atomic mass is 35.5. The molecule has 1 aromatic carbocycles. The zero-order chi connectivity index (χ0) is 16.7. The molecule has 0 heterocycles. The second-order valence-electron chi connectivity index (χ2n) is 5.59. The number of benzene rings is 1. The number of amides is 2. The van der Waals surface area contributed by atoms with Crippen LogP contribution in [0.1, 0.15) is 26.7 Å². The van der Waals surface area contributed by atoms with Crippen LogP contribution in [0.5, 0.6) is 0 Å². The van der Waals surface area contributed by atoms with Crippen LogP contribution in [-0.4, -0.2) is 24.3 Å². The minimum absolute atomic E-state index is 0.0408. The smallest absolute Gasteiger partial charge is 0.319 e. The van der Waals surface area contributed by atoms with Gasteiger partial charge in [-0.2, -0.15) is 0 Å². The molecule has 0 fully saturated rings. The van der Waals surface area contributed by atoms with E-state index in [0.29, 0.717) is 24.9 Å². The highest BCUT2D eigenvalue weighted by Gasteiger charge is 2.15. The quantitative estimate of drug-likeness (QED) is 0.710. The van der Waals surface area contributed by atoms with Crippen molar-refractivity contribution in [1.29, 1.82) is 0 Å². The number of nitrogens with one attached hydrogen (secondary N) is 2. The molecule has 0 radical (unpaired) electrons. The largest absolute Gasteiger partial charge is 0.396 e. The van der Waals surface area contributed by atoms with E-state index in [0.717, 1.165) is 12.5 Å². The summed E-state index contributed by atoms with van der Waals surface area (Å²) < 4.78 is 26.5. The maximum atomic E-state index is 13.6. The Kier molecular flexibility index (Phi) is 7.55. The van der Waals surface area contributed by atoms with Gasteiger partial charge in [-0.3, -0.25) is 0 Å². The Morgan fingerprint density at radius 3 is 2.59 bits per heavy atom.